The van der Waals surface area contributed by atoms with E-state index in [1.165, 1.54) is 31.0 Å². The number of halogens is 1. The SMILES string of the molecule is C=CCn1c(SCC(=O)NC2CCCCC2)nc2cc(Cl)ccc2c1=O. The smallest absolute Gasteiger partial charge is 0.262 e. The maximum absolute atomic E-state index is 12.7. The molecule has 0 atom stereocenters. The van der Waals surface area contributed by atoms with Crippen molar-refractivity contribution in [1.82, 2.24) is 14.9 Å². The van der Waals surface area contributed by atoms with Crippen molar-refractivity contribution in [3.8, 4) is 0 Å². The molecule has 1 fully saturated rings. The first-order valence-corrected chi connectivity index (χ1v) is 10.2. The standard InChI is InChI=1S/C19H22ClN3O2S/c1-2-10-23-18(25)15-9-8-13(20)11-16(15)22-19(23)26-12-17(24)21-14-6-4-3-5-7-14/h2,8-9,11,14H,1,3-7,10,12H2,(H,21,24). The van der Waals surface area contributed by atoms with Crippen molar-refractivity contribution in [2.75, 3.05) is 5.75 Å². The summed E-state index contributed by atoms with van der Waals surface area (Å²) in [6.07, 6.45) is 7.33. The second-order valence-electron chi connectivity index (χ2n) is 6.45. The number of fused-ring (bicyclic) bond motifs is 1. The number of hydrogen-bond donors (Lipinski definition) is 1. The van der Waals surface area contributed by atoms with Gasteiger partial charge in [-0.15, -0.1) is 6.58 Å². The van der Waals surface area contributed by atoms with E-state index in [-0.39, 0.29) is 23.3 Å². The Morgan fingerprint density at radius 1 is 1.38 bits per heavy atom. The first-order chi connectivity index (χ1) is 12.6. The Bertz CT molecular complexity index is 875. The molecule has 1 heterocycles. The lowest BCUT2D eigenvalue weighted by atomic mass is 9.95. The Balaban J connectivity index is 1.79. The molecular weight excluding hydrogens is 370 g/mol. The van der Waals surface area contributed by atoms with Crippen LogP contribution in [0.2, 0.25) is 5.02 Å². The molecule has 1 aliphatic rings. The van der Waals surface area contributed by atoms with E-state index in [1.807, 2.05) is 0 Å². The van der Waals surface area contributed by atoms with Gasteiger partial charge in [0.15, 0.2) is 5.16 Å². The lowest BCUT2D eigenvalue weighted by Gasteiger charge is -2.22. The Hall–Kier alpha value is -1.79. The zero-order valence-corrected chi connectivity index (χ0v) is 16.1. The van der Waals surface area contributed by atoms with Crippen LogP contribution in [0, 0.1) is 0 Å². The highest BCUT2D eigenvalue weighted by Crippen LogP contribution is 2.21. The Kier molecular flexibility index (Phi) is 6.38. The van der Waals surface area contributed by atoms with E-state index in [1.54, 1.807) is 28.8 Å². The second kappa shape index (κ2) is 8.73. The predicted molar refractivity (Wildman–Crippen MR) is 107 cm³/mol. The molecule has 5 nitrogen and oxygen atoms in total. The maximum atomic E-state index is 12.7. The minimum Gasteiger partial charge on any atom is -0.353 e. The van der Waals surface area contributed by atoms with Gasteiger partial charge in [0.2, 0.25) is 5.91 Å². The molecule has 0 spiro atoms. The fraction of sp³-hybridized carbons (Fsp3) is 0.421. The van der Waals surface area contributed by atoms with Crippen molar-refractivity contribution in [2.24, 2.45) is 0 Å². The Morgan fingerprint density at radius 2 is 2.15 bits per heavy atom. The zero-order chi connectivity index (χ0) is 18.5. The van der Waals surface area contributed by atoms with Crippen LogP contribution in [0.3, 0.4) is 0 Å². The van der Waals surface area contributed by atoms with E-state index < -0.39 is 0 Å². The van der Waals surface area contributed by atoms with Gasteiger partial charge in [0.1, 0.15) is 0 Å². The Labute approximate surface area is 161 Å². The van der Waals surface area contributed by atoms with Crippen molar-refractivity contribution in [2.45, 2.75) is 49.8 Å². The van der Waals surface area contributed by atoms with Gasteiger partial charge in [0.25, 0.3) is 5.56 Å². The summed E-state index contributed by atoms with van der Waals surface area (Å²) in [7, 11) is 0. The summed E-state index contributed by atoms with van der Waals surface area (Å²) in [6, 6.07) is 5.30. The number of benzene rings is 1. The largest absolute Gasteiger partial charge is 0.353 e. The minimum absolute atomic E-state index is 0.0208. The first-order valence-electron chi connectivity index (χ1n) is 8.81. The van der Waals surface area contributed by atoms with Crippen LogP contribution < -0.4 is 10.9 Å². The van der Waals surface area contributed by atoms with E-state index in [0.29, 0.717) is 27.6 Å². The van der Waals surface area contributed by atoms with Crippen LogP contribution in [-0.2, 0) is 11.3 Å². The van der Waals surface area contributed by atoms with Crippen molar-refractivity contribution in [3.05, 3.63) is 46.2 Å². The van der Waals surface area contributed by atoms with E-state index >= 15 is 0 Å². The van der Waals surface area contributed by atoms with E-state index in [9.17, 15) is 9.59 Å². The lowest BCUT2D eigenvalue weighted by molar-refractivity contribution is -0.119. The number of allylic oxidation sites excluding steroid dienone is 1. The highest BCUT2D eigenvalue weighted by molar-refractivity contribution is 7.99. The quantitative estimate of drug-likeness (QED) is 0.462. The molecular formula is C19H22ClN3O2S. The van der Waals surface area contributed by atoms with E-state index in [4.69, 9.17) is 11.6 Å². The minimum atomic E-state index is -0.151. The molecule has 0 unspecified atom stereocenters. The molecule has 0 bridgehead atoms. The monoisotopic (exact) mass is 391 g/mol. The summed E-state index contributed by atoms with van der Waals surface area (Å²) in [5.74, 6) is 0.207. The summed E-state index contributed by atoms with van der Waals surface area (Å²) in [5, 5.41) is 4.62. The number of carbonyl (C=O) groups is 1. The summed E-state index contributed by atoms with van der Waals surface area (Å²) < 4.78 is 1.54. The van der Waals surface area contributed by atoms with Gasteiger partial charge in [-0.2, -0.15) is 0 Å². The molecule has 0 saturated heterocycles. The van der Waals surface area contributed by atoms with Crippen LogP contribution in [0.25, 0.3) is 10.9 Å². The van der Waals surface area contributed by atoms with Crippen LogP contribution in [-0.4, -0.2) is 27.3 Å². The van der Waals surface area contributed by atoms with Gasteiger partial charge >= 0.3 is 0 Å². The molecule has 2 aromatic rings. The third-order valence-electron chi connectivity index (χ3n) is 4.50. The van der Waals surface area contributed by atoms with E-state index in [0.717, 1.165) is 12.8 Å². The number of amides is 1. The third kappa shape index (κ3) is 4.48. The molecule has 1 saturated carbocycles. The molecule has 1 aromatic carbocycles. The van der Waals surface area contributed by atoms with Crippen molar-refractivity contribution in [3.63, 3.8) is 0 Å². The molecule has 26 heavy (non-hydrogen) atoms. The number of nitrogens with one attached hydrogen (secondary N) is 1. The molecule has 1 aromatic heterocycles. The van der Waals surface area contributed by atoms with Gasteiger partial charge in [-0.3, -0.25) is 14.2 Å². The molecule has 0 aliphatic heterocycles. The number of aromatic nitrogens is 2. The van der Waals surface area contributed by atoms with Crippen LogP contribution in [0.15, 0.2) is 40.8 Å². The number of nitrogens with zero attached hydrogens (tertiary/aromatic N) is 2. The van der Waals surface area contributed by atoms with Gasteiger partial charge in [-0.1, -0.05) is 48.7 Å². The van der Waals surface area contributed by atoms with Gasteiger partial charge in [0, 0.05) is 17.6 Å². The van der Waals surface area contributed by atoms with Gasteiger partial charge in [-0.25, -0.2) is 4.98 Å². The summed E-state index contributed by atoms with van der Waals surface area (Å²) in [6.45, 7) is 4.05. The van der Waals surface area contributed by atoms with Crippen LogP contribution in [0.4, 0.5) is 0 Å². The highest BCUT2D eigenvalue weighted by Gasteiger charge is 2.17. The fourth-order valence-corrected chi connectivity index (χ4v) is 4.21. The van der Waals surface area contributed by atoms with Gasteiger partial charge in [0.05, 0.1) is 16.7 Å². The summed E-state index contributed by atoms with van der Waals surface area (Å²) in [4.78, 5) is 29.5. The molecule has 7 heteroatoms. The number of hydrogen-bond acceptors (Lipinski definition) is 4. The molecule has 1 aliphatic carbocycles. The van der Waals surface area contributed by atoms with Crippen molar-refractivity contribution < 1.29 is 4.79 Å². The van der Waals surface area contributed by atoms with Crippen molar-refractivity contribution >= 4 is 40.2 Å². The van der Waals surface area contributed by atoms with Gasteiger partial charge in [-0.05, 0) is 31.0 Å². The average Bonchev–Trinajstić information content (AvgIpc) is 2.63. The number of rotatable bonds is 6. The normalized spacial score (nSPS) is 15.1. The topological polar surface area (TPSA) is 64.0 Å². The molecule has 0 radical (unpaired) electrons. The fourth-order valence-electron chi connectivity index (χ4n) is 3.22. The number of carbonyl (C=O) groups excluding carboxylic acids is 1. The van der Waals surface area contributed by atoms with Crippen LogP contribution in [0.1, 0.15) is 32.1 Å². The predicted octanol–water partition coefficient (Wildman–Crippen LogP) is 3.78. The highest BCUT2D eigenvalue weighted by atomic mass is 35.5. The molecule has 3 rings (SSSR count). The average molecular weight is 392 g/mol. The first kappa shape index (κ1) is 19.0. The summed E-state index contributed by atoms with van der Waals surface area (Å²) in [5.41, 5.74) is 0.389. The van der Waals surface area contributed by atoms with Crippen LogP contribution in [0.5, 0.6) is 0 Å². The lowest BCUT2D eigenvalue weighted by Crippen LogP contribution is -2.37. The molecule has 138 valence electrons. The van der Waals surface area contributed by atoms with Crippen LogP contribution >= 0.6 is 23.4 Å². The summed E-state index contributed by atoms with van der Waals surface area (Å²) >= 11 is 7.29. The number of thioether (sulfide) groups is 1. The zero-order valence-electron chi connectivity index (χ0n) is 14.5. The maximum Gasteiger partial charge on any atom is 0.262 e. The third-order valence-corrected chi connectivity index (χ3v) is 5.71. The van der Waals surface area contributed by atoms with Crippen molar-refractivity contribution in [1.29, 1.82) is 0 Å². The second-order valence-corrected chi connectivity index (χ2v) is 7.83. The Morgan fingerprint density at radius 3 is 2.88 bits per heavy atom. The van der Waals surface area contributed by atoms with Gasteiger partial charge < -0.3 is 5.32 Å². The van der Waals surface area contributed by atoms with E-state index in [2.05, 4.69) is 16.9 Å². The molecule has 1 N–H and O–H groups in total. The molecule has 1 amide bonds.